The predicted octanol–water partition coefficient (Wildman–Crippen LogP) is 2.24. The van der Waals surface area contributed by atoms with Crippen molar-refractivity contribution in [2.75, 3.05) is 0 Å². The van der Waals surface area contributed by atoms with Crippen LogP contribution in [-0.4, -0.2) is 16.5 Å². The van der Waals surface area contributed by atoms with Crippen molar-refractivity contribution in [3.05, 3.63) is 23.8 Å². The van der Waals surface area contributed by atoms with E-state index in [1.165, 1.54) is 13.8 Å². The van der Waals surface area contributed by atoms with Crippen LogP contribution in [0.15, 0.2) is 23.8 Å². The second-order valence-electron chi connectivity index (χ2n) is 3.86. The summed E-state index contributed by atoms with van der Waals surface area (Å²) in [6.07, 6.45) is 8.47. The third-order valence-corrected chi connectivity index (χ3v) is 2.09. The maximum absolute atomic E-state index is 11.6. The first kappa shape index (κ1) is 10.2. The lowest BCUT2D eigenvalue weighted by molar-refractivity contribution is -0.130. The number of ketones is 1. The minimum atomic E-state index is -1.23. The van der Waals surface area contributed by atoms with Gasteiger partial charge in [-0.2, -0.15) is 0 Å². The normalized spacial score (nSPS) is 17.9. The number of carbonyl (C=O) groups is 1. The average Bonchev–Trinajstić information content (AvgIpc) is 2.28. The first-order valence-corrected chi connectivity index (χ1v) is 4.63. The van der Waals surface area contributed by atoms with Crippen molar-refractivity contribution in [2.45, 2.75) is 38.7 Å². The van der Waals surface area contributed by atoms with Gasteiger partial charge in [-0.3, -0.25) is 4.79 Å². The first-order chi connectivity index (χ1) is 6.02. The maximum Gasteiger partial charge on any atom is 0.189 e. The van der Waals surface area contributed by atoms with Crippen LogP contribution >= 0.6 is 0 Å². The molecule has 0 spiro atoms. The average molecular weight is 182 g/mol. The zero-order valence-electron chi connectivity index (χ0n) is 8.21. The van der Waals surface area contributed by atoms with Crippen LogP contribution in [0.1, 0.15) is 34.5 Å². The topological polar surface area (TPSA) is 37.3 Å². The molecule has 0 saturated carbocycles. The van der Waals surface area contributed by atoms with Gasteiger partial charge in [-0.15, -0.1) is 0 Å². The lowest BCUT2D eigenvalue weighted by Crippen LogP contribution is -2.32. The van der Waals surface area contributed by atoms with Crippen LogP contribution in [0.5, 0.6) is 0 Å². The van der Waals surface area contributed by atoms with Crippen LogP contribution in [0.4, 0.5) is 0 Å². The molecule has 0 aromatic carbocycles. The van der Waals surface area contributed by atoms with Crippen LogP contribution < -0.4 is 0 Å². The number of rotatable bonds is 2. The summed E-state index contributed by atoms with van der Waals surface area (Å²) in [5.74, 6) is -0.142. The Bertz CT molecular complexity index is 259. The van der Waals surface area contributed by atoms with E-state index < -0.39 is 5.60 Å². The highest BCUT2D eigenvalue weighted by Crippen LogP contribution is 2.18. The highest BCUT2D eigenvalue weighted by molar-refractivity contribution is 6.01. The number of carbonyl (C=O) groups excluding carboxylic acids is 1. The van der Waals surface area contributed by atoms with Gasteiger partial charge in [0.1, 0.15) is 5.60 Å². The third kappa shape index (κ3) is 2.81. The van der Waals surface area contributed by atoms with Crippen LogP contribution in [0.2, 0.25) is 0 Å². The highest BCUT2D eigenvalue weighted by Gasteiger charge is 2.26. The summed E-state index contributed by atoms with van der Waals surface area (Å²) in [7, 11) is 0. The molecule has 1 rings (SSSR count). The van der Waals surface area contributed by atoms with Gasteiger partial charge in [-0.1, -0.05) is 18.2 Å². The van der Waals surface area contributed by atoms with E-state index >= 15 is 0 Å². The van der Waals surface area contributed by atoms with Gasteiger partial charge >= 0.3 is 0 Å². The molecule has 0 amide bonds. The fourth-order valence-electron chi connectivity index (χ4n) is 1.36. The number of hydrogen-bond acceptors (Lipinski definition) is 2. The number of Topliss-reactive ketones (excluding diaryl/α,β-unsaturated/α-hetero) is 1. The molecule has 0 aliphatic heterocycles. The Labute approximate surface area is 80.4 Å². The molecule has 1 aliphatic rings. The Morgan fingerprint density at radius 3 is 2.85 bits per heavy atom. The molecule has 0 bridgehead atoms. The Morgan fingerprint density at radius 1 is 1.54 bits per heavy atom. The van der Waals surface area contributed by atoms with Gasteiger partial charge in [-0.05, 0) is 38.7 Å². The molecule has 0 aromatic rings. The van der Waals surface area contributed by atoms with Crippen molar-refractivity contribution >= 4 is 5.78 Å². The summed E-state index contributed by atoms with van der Waals surface area (Å²) in [5.41, 5.74) is -0.464. The van der Waals surface area contributed by atoms with E-state index in [2.05, 4.69) is 6.08 Å². The summed E-state index contributed by atoms with van der Waals surface area (Å²) in [6.45, 7) is 3.07. The van der Waals surface area contributed by atoms with Crippen molar-refractivity contribution in [1.82, 2.24) is 0 Å². The van der Waals surface area contributed by atoms with E-state index in [4.69, 9.17) is 0 Å². The van der Waals surface area contributed by atoms with E-state index in [1.807, 2.05) is 12.2 Å². The van der Waals surface area contributed by atoms with Crippen LogP contribution in [-0.2, 0) is 4.79 Å². The van der Waals surface area contributed by atoms with Gasteiger partial charge in [0.2, 0.25) is 0 Å². The largest absolute Gasteiger partial charge is 0.382 e. The van der Waals surface area contributed by atoms with Gasteiger partial charge < -0.3 is 5.11 Å². The second kappa shape index (κ2) is 3.88. The molecule has 0 unspecified atom stereocenters. The van der Waals surface area contributed by atoms with Gasteiger partial charge in [0, 0.05) is 1.43 Å². The molecular weight excluding hydrogens is 164 g/mol. The third-order valence-electron chi connectivity index (χ3n) is 2.09. The van der Waals surface area contributed by atoms with Gasteiger partial charge in [-0.25, -0.2) is 0 Å². The maximum atomic E-state index is 11.6. The van der Waals surface area contributed by atoms with E-state index in [-0.39, 0.29) is 7.21 Å². The molecular formula is C11H18O2. The molecule has 0 aromatic heterocycles. The summed E-state index contributed by atoms with van der Waals surface area (Å²) < 4.78 is 0. The van der Waals surface area contributed by atoms with Gasteiger partial charge in [0.25, 0.3) is 0 Å². The SMILES string of the molecule is CC(C)(O)C(=O)C1=CCC=CCC1.[HH]. The Morgan fingerprint density at radius 2 is 2.23 bits per heavy atom. The summed E-state index contributed by atoms with van der Waals surface area (Å²) >= 11 is 0. The van der Waals surface area contributed by atoms with Crippen LogP contribution in [0.25, 0.3) is 0 Å². The summed E-state index contributed by atoms with van der Waals surface area (Å²) in [4.78, 5) is 11.6. The van der Waals surface area contributed by atoms with Crippen molar-refractivity contribution in [3.63, 3.8) is 0 Å². The van der Waals surface area contributed by atoms with Crippen molar-refractivity contribution in [3.8, 4) is 0 Å². The standard InChI is InChI=1S/C11H16O2.H2/c1-11(2,13)10(12)9-7-5-3-4-6-8-9;/h3-4,7,13H,5-6,8H2,1-2H3;1H. The molecule has 0 atom stereocenters. The smallest absolute Gasteiger partial charge is 0.189 e. The molecule has 0 saturated heterocycles. The van der Waals surface area contributed by atoms with Crippen molar-refractivity contribution < 1.29 is 11.3 Å². The fourth-order valence-corrected chi connectivity index (χ4v) is 1.36. The van der Waals surface area contributed by atoms with Crippen LogP contribution in [0.3, 0.4) is 0 Å². The lowest BCUT2D eigenvalue weighted by Gasteiger charge is -2.17. The van der Waals surface area contributed by atoms with E-state index in [0.717, 1.165) is 24.8 Å². The van der Waals surface area contributed by atoms with Crippen molar-refractivity contribution in [1.29, 1.82) is 0 Å². The van der Waals surface area contributed by atoms with E-state index in [1.54, 1.807) is 0 Å². The van der Waals surface area contributed by atoms with Crippen molar-refractivity contribution in [2.24, 2.45) is 0 Å². The molecule has 2 nitrogen and oxygen atoms in total. The zero-order valence-corrected chi connectivity index (χ0v) is 8.21. The lowest BCUT2D eigenvalue weighted by atomic mass is 9.94. The highest BCUT2D eigenvalue weighted by atomic mass is 16.3. The van der Waals surface area contributed by atoms with E-state index in [0.29, 0.717) is 0 Å². The molecule has 2 heteroatoms. The molecule has 13 heavy (non-hydrogen) atoms. The van der Waals surface area contributed by atoms with Crippen LogP contribution in [0, 0.1) is 0 Å². The zero-order chi connectivity index (χ0) is 9.90. The summed E-state index contributed by atoms with van der Waals surface area (Å²) in [5, 5.41) is 9.52. The second-order valence-corrected chi connectivity index (χ2v) is 3.86. The minimum absolute atomic E-state index is 0. The number of allylic oxidation sites excluding steroid dienone is 3. The quantitative estimate of drug-likeness (QED) is 0.665. The molecule has 0 radical (unpaired) electrons. The Hall–Kier alpha value is -0.890. The predicted molar refractivity (Wildman–Crippen MR) is 54.5 cm³/mol. The molecule has 74 valence electrons. The Kier molecular flexibility index (Phi) is 3.04. The molecule has 0 heterocycles. The molecule has 1 aliphatic carbocycles. The molecule has 0 fully saturated rings. The van der Waals surface area contributed by atoms with E-state index in [9.17, 15) is 9.90 Å². The number of hydrogen-bond donors (Lipinski definition) is 1. The monoisotopic (exact) mass is 182 g/mol. The summed E-state index contributed by atoms with van der Waals surface area (Å²) in [6, 6.07) is 0. The first-order valence-electron chi connectivity index (χ1n) is 4.63. The Balaban J connectivity index is 0.00000169. The minimum Gasteiger partial charge on any atom is -0.382 e. The van der Waals surface area contributed by atoms with Gasteiger partial charge in [0.05, 0.1) is 0 Å². The fraction of sp³-hybridized carbons (Fsp3) is 0.545. The number of aliphatic hydroxyl groups is 1. The molecule has 1 N–H and O–H groups in total. The van der Waals surface area contributed by atoms with Gasteiger partial charge in [0.15, 0.2) is 5.78 Å².